The van der Waals surface area contributed by atoms with Crippen molar-refractivity contribution in [1.29, 1.82) is 0 Å². The molecule has 2 aliphatic carbocycles. The van der Waals surface area contributed by atoms with Gasteiger partial charge < -0.3 is 5.32 Å². The van der Waals surface area contributed by atoms with E-state index < -0.39 is 10.0 Å². The second-order valence-corrected chi connectivity index (χ2v) is 13.9. The molecule has 34 heavy (non-hydrogen) atoms. The van der Waals surface area contributed by atoms with Crippen LogP contribution >= 0.6 is 34.4 Å². The van der Waals surface area contributed by atoms with Gasteiger partial charge in [0.2, 0.25) is 15.9 Å². The van der Waals surface area contributed by atoms with Gasteiger partial charge in [0.25, 0.3) is 0 Å². The lowest BCUT2D eigenvalue weighted by molar-refractivity contribution is -0.116. The zero-order valence-electron chi connectivity index (χ0n) is 18.0. The first-order chi connectivity index (χ1) is 16.3. The van der Waals surface area contributed by atoms with Gasteiger partial charge >= 0.3 is 4.87 Å². The van der Waals surface area contributed by atoms with E-state index in [9.17, 15) is 18.0 Å². The Morgan fingerprint density at radius 3 is 2.62 bits per heavy atom. The third-order valence-electron chi connectivity index (χ3n) is 7.31. The summed E-state index contributed by atoms with van der Waals surface area (Å²) in [6.07, 6.45) is 3.82. The van der Waals surface area contributed by atoms with Crippen molar-refractivity contribution in [3.8, 4) is 0 Å². The minimum atomic E-state index is -3.80. The number of rotatable bonds is 5. The molecule has 3 aliphatic rings. The van der Waals surface area contributed by atoms with E-state index in [1.807, 2.05) is 11.8 Å². The smallest absolute Gasteiger partial charge is 0.308 e. The summed E-state index contributed by atoms with van der Waals surface area (Å²) < 4.78 is 24.5. The third kappa shape index (κ3) is 3.78. The molecule has 7 nitrogen and oxygen atoms in total. The largest absolute Gasteiger partial charge is 0.325 e. The summed E-state index contributed by atoms with van der Waals surface area (Å²) >= 11 is 4.85. The number of sulfonamides is 1. The lowest BCUT2D eigenvalue weighted by Gasteiger charge is -2.40. The van der Waals surface area contributed by atoms with Crippen LogP contribution in [0.5, 0.6) is 0 Å². The number of thioether (sulfide) groups is 1. The molecular weight excluding hydrogens is 511 g/mol. The topological polar surface area (TPSA) is 111 Å². The summed E-state index contributed by atoms with van der Waals surface area (Å²) in [6.45, 7) is -0.0722. The number of benzene rings is 1. The number of hydrogen-bond acceptors (Lipinski definition) is 7. The lowest BCUT2D eigenvalue weighted by Crippen LogP contribution is -2.34. The van der Waals surface area contributed by atoms with Crippen LogP contribution in [0.2, 0.25) is 0 Å². The van der Waals surface area contributed by atoms with Crippen LogP contribution in [0, 0.1) is 17.8 Å². The van der Waals surface area contributed by atoms with E-state index in [0.29, 0.717) is 22.8 Å². The maximum atomic E-state index is 13.1. The molecule has 2 bridgehead atoms. The highest BCUT2D eigenvalue weighted by Gasteiger charge is 2.55. The number of carbonyl (C=O) groups excluding carboxylic acids is 1. The third-order valence-corrected chi connectivity index (χ3v) is 12.0. The van der Waals surface area contributed by atoms with Crippen molar-refractivity contribution in [3.05, 3.63) is 61.2 Å². The van der Waals surface area contributed by atoms with Gasteiger partial charge in [-0.05, 0) is 72.7 Å². The number of amides is 1. The highest BCUT2D eigenvalue weighted by atomic mass is 32.2. The van der Waals surface area contributed by atoms with Gasteiger partial charge in [0.15, 0.2) is 0 Å². The van der Waals surface area contributed by atoms with Crippen LogP contribution < -0.4 is 15.3 Å². The Morgan fingerprint density at radius 2 is 1.91 bits per heavy atom. The number of hydrogen-bond donors (Lipinski definition) is 2. The van der Waals surface area contributed by atoms with E-state index in [1.165, 1.54) is 59.7 Å². The molecule has 6 rings (SSSR count). The molecule has 11 heteroatoms. The van der Waals surface area contributed by atoms with E-state index >= 15 is 0 Å². The Hall–Kier alpha value is -1.92. The van der Waals surface area contributed by atoms with E-state index in [2.05, 4.69) is 22.8 Å². The molecule has 5 atom stereocenters. The van der Waals surface area contributed by atoms with Gasteiger partial charge in [0.1, 0.15) is 6.54 Å². The number of nitrogens with two attached hydrogens (primary N) is 1. The summed E-state index contributed by atoms with van der Waals surface area (Å²) in [5.74, 6) is 1.88. The van der Waals surface area contributed by atoms with E-state index in [4.69, 9.17) is 5.14 Å². The predicted octanol–water partition coefficient (Wildman–Crippen LogP) is 3.91. The molecule has 0 saturated heterocycles. The van der Waals surface area contributed by atoms with Crippen molar-refractivity contribution in [2.45, 2.75) is 46.9 Å². The first-order valence-corrected chi connectivity index (χ1v) is 15.3. The van der Waals surface area contributed by atoms with E-state index in [-0.39, 0.29) is 28.1 Å². The van der Waals surface area contributed by atoms with Crippen molar-refractivity contribution in [2.24, 2.45) is 22.9 Å². The molecular formula is C23H23N3O4S4. The molecule has 1 aromatic carbocycles. The van der Waals surface area contributed by atoms with Gasteiger partial charge in [0, 0.05) is 26.6 Å². The molecule has 1 aliphatic heterocycles. The number of aromatic nitrogens is 1. The Kier molecular flexibility index (Phi) is 5.53. The molecule has 1 amide bonds. The van der Waals surface area contributed by atoms with Crippen LogP contribution in [0.1, 0.15) is 34.9 Å². The van der Waals surface area contributed by atoms with Gasteiger partial charge in [-0.1, -0.05) is 17.4 Å². The fourth-order valence-corrected chi connectivity index (χ4v) is 10.6. The molecule has 178 valence electrons. The Balaban J connectivity index is 1.29. The molecule has 0 spiro atoms. The average Bonchev–Trinajstić information content (AvgIpc) is 3.58. The summed E-state index contributed by atoms with van der Waals surface area (Å²) in [5, 5.41) is 11.4. The van der Waals surface area contributed by atoms with Crippen molar-refractivity contribution < 1.29 is 13.2 Å². The maximum Gasteiger partial charge on any atom is 0.308 e. The predicted molar refractivity (Wildman–Crippen MR) is 135 cm³/mol. The molecule has 3 aromatic rings. The first kappa shape index (κ1) is 22.5. The van der Waals surface area contributed by atoms with Crippen LogP contribution in [0.25, 0.3) is 0 Å². The van der Waals surface area contributed by atoms with Crippen molar-refractivity contribution >= 4 is 56.1 Å². The van der Waals surface area contributed by atoms with Crippen LogP contribution in [0.4, 0.5) is 5.69 Å². The van der Waals surface area contributed by atoms with Gasteiger partial charge in [-0.3, -0.25) is 14.2 Å². The second-order valence-electron chi connectivity index (χ2n) is 9.23. The monoisotopic (exact) mass is 533 g/mol. The summed E-state index contributed by atoms with van der Waals surface area (Å²) in [7, 11) is -3.80. The van der Waals surface area contributed by atoms with Crippen LogP contribution in [0.15, 0.2) is 56.5 Å². The first-order valence-electron chi connectivity index (χ1n) is 11.2. The standard InChI is InChI=1S/C23H23N3O4S4/c24-34(29,30)15-7-5-14(6-8-15)25-17(27)11-26-22-21(33-23(26)28)19(16-2-1-9-31-16)18-12-3-4-13(10-12)20(18)32-22/h1-2,5-9,12-13,18-20H,3-4,10-11H2,(H,25,27)(H2,24,29,30)/t12?,13?,18?,19-,20?/m0/s1. The molecule has 0 radical (unpaired) electrons. The SMILES string of the molecule is NS(=O)(=O)c1ccc(NC(=O)Cn2c3c(sc2=O)[C@@H](c2cccs2)C2C4CCC(C4)C2S3)cc1. The van der Waals surface area contributed by atoms with Crippen LogP contribution in [-0.2, 0) is 21.4 Å². The highest BCUT2D eigenvalue weighted by Crippen LogP contribution is 2.64. The van der Waals surface area contributed by atoms with Gasteiger partial charge in [-0.25, -0.2) is 13.6 Å². The number of anilines is 1. The minimum absolute atomic E-state index is 0.0231. The Bertz CT molecular complexity index is 1410. The highest BCUT2D eigenvalue weighted by molar-refractivity contribution is 8.00. The second kappa shape index (κ2) is 8.34. The minimum Gasteiger partial charge on any atom is -0.325 e. The van der Waals surface area contributed by atoms with Gasteiger partial charge in [-0.15, -0.1) is 23.1 Å². The summed E-state index contributed by atoms with van der Waals surface area (Å²) in [5.41, 5.74) is 0.451. The lowest BCUT2D eigenvalue weighted by atomic mass is 9.77. The number of primary sulfonamides is 1. The van der Waals surface area contributed by atoms with Gasteiger partial charge in [0.05, 0.1) is 9.92 Å². The normalized spacial score (nSPS) is 27.4. The average molecular weight is 534 g/mol. The zero-order valence-corrected chi connectivity index (χ0v) is 21.3. The van der Waals surface area contributed by atoms with Gasteiger partial charge in [-0.2, -0.15) is 0 Å². The molecule has 2 saturated carbocycles. The number of fused-ring (bicyclic) bond motifs is 6. The number of nitrogens with zero attached hydrogens (tertiary/aromatic N) is 1. The van der Waals surface area contributed by atoms with E-state index in [0.717, 1.165) is 15.8 Å². The summed E-state index contributed by atoms with van der Waals surface area (Å²) in [6, 6.07) is 9.94. The van der Waals surface area contributed by atoms with Crippen molar-refractivity contribution in [3.63, 3.8) is 0 Å². The molecule has 3 heterocycles. The molecule has 2 aromatic heterocycles. The molecule has 4 unspecified atom stereocenters. The quantitative estimate of drug-likeness (QED) is 0.517. The Labute approximate surface area is 209 Å². The number of nitrogens with one attached hydrogen (secondary N) is 1. The Morgan fingerprint density at radius 1 is 1.15 bits per heavy atom. The van der Waals surface area contributed by atoms with Crippen molar-refractivity contribution in [1.82, 2.24) is 4.57 Å². The number of thiazole rings is 1. The van der Waals surface area contributed by atoms with E-state index in [1.54, 1.807) is 15.9 Å². The number of carbonyl (C=O) groups is 1. The van der Waals surface area contributed by atoms with Crippen LogP contribution in [-0.4, -0.2) is 24.1 Å². The zero-order chi connectivity index (χ0) is 23.6. The number of thiophene rings is 1. The van der Waals surface area contributed by atoms with Crippen molar-refractivity contribution in [2.75, 3.05) is 5.32 Å². The summed E-state index contributed by atoms with van der Waals surface area (Å²) in [4.78, 5) is 28.2. The maximum absolute atomic E-state index is 13.1. The molecule has 2 fully saturated rings. The molecule has 3 N–H and O–H groups in total. The van der Waals surface area contributed by atoms with Crippen LogP contribution in [0.3, 0.4) is 0 Å². The fraction of sp³-hybridized carbons (Fsp3) is 0.391. The fourth-order valence-electron chi connectivity index (χ4n) is 5.95.